The van der Waals surface area contributed by atoms with Gasteiger partial charge < -0.3 is 12.9 Å². The molecule has 0 saturated heterocycles. The van der Waals surface area contributed by atoms with E-state index in [0.717, 1.165) is 22.8 Å². The molecule has 9 heavy (non-hydrogen) atoms. The van der Waals surface area contributed by atoms with E-state index in [1.807, 2.05) is 0 Å². The molecule has 0 amide bonds. The molecule has 0 aliphatic heterocycles. The van der Waals surface area contributed by atoms with Gasteiger partial charge in [-0.3, -0.25) is 0 Å². The minimum atomic E-state index is -4.75. The van der Waals surface area contributed by atoms with Gasteiger partial charge >= 0.3 is 6.98 Å². The normalized spacial score (nSPS) is 11.9. The van der Waals surface area contributed by atoms with Crippen LogP contribution >= 0.6 is 11.3 Å². The van der Waals surface area contributed by atoms with Gasteiger partial charge in [-0.05, 0) is 10.8 Å². The summed E-state index contributed by atoms with van der Waals surface area (Å²) in [6.45, 7) is -4.75. The van der Waals surface area contributed by atoms with E-state index in [2.05, 4.69) is 0 Å². The summed E-state index contributed by atoms with van der Waals surface area (Å²) in [4.78, 5) is 0. The van der Waals surface area contributed by atoms with Crippen molar-refractivity contribution in [3.63, 3.8) is 0 Å². The molecule has 0 spiro atoms. The first-order valence-electron chi connectivity index (χ1n) is 2.33. The maximum absolute atomic E-state index is 11.7. The third kappa shape index (κ3) is 1.48. The van der Waals surface area contributed by atoms with Crippen LogP contribution in [0.15, 0.2) is 16.8 Å². The Bertz CT molecular complexity index is 178. The minimum absolute atomic E-state index is 0.500. The Balaban J connectivity index is 2.90. The van der Waals surface area contributed by atoms with E-state index in [1.54, 1.807) is 0 Å². The third-order valence-corrected chi connectivity index (χ3v) is 1.62. The second-order valence-corrected chi connectivity index (χ2v) is 2.41. The van der Waals surface area contributed by atoms with Crippen molar-refractivity contribution in [2.75, 3.05) is 0 Å². The van der Waals surface area contributed by atoms with Crippen LogP contribution in [0.1, 0.15) is 0 Å². The Hall–Kier alpha value is -0.445. The Morgan fingerprint density at radius 1 is 1.33 bits per heavy atom. The molecule has 0 atom stereocenters. The Labute approximate surface area is 54.4 Å². The summed E-state index contributed by atoms with van der Waals surface area (Å²) in [7, 11) is 0. The van der Waals surface area contributed by atoms with Crippen LogP contribution < -0.4 is 5.46 Å². The zero-order valence-electron chi connectivity index (χ0n) is 4.35. The lowest BCUT2D eigenvalue weighted by molar-refractivity contribution is 0.501. The first kappa shape index (κ1) is 6.67. The zero-order chi connectivity index (χ0) is 6.91. The minimum Gasteiger partial charge on any atom is -0.445 e. The number of halogens is 3. The average molecular weight is 151 g/mol. The molecule has 0 aliphatic rings. The number of hydrogen-bond acceptors (Lipinski definition) is 1. The smallest absolute Gasteiger partial charge is 0.445 e. The fraction of sp³-hybridized carbons (Fsp3) is 0. The molecular formula is C4H3BF3S-. The number of hydrogen-bond donors (Lipinski definition) is 0. The summed E-state index contributed by atoms with van der Waals surface area (Å²) in [5.74, 6) is 0. The van der Waals surface area contributed by atoms with Gasteiger partial charge in [0.15, 0.2) is 0 Å². The van der Waals surface area contributed by atoms with Gasteiger partial charge in [0.1, 0.15) is 0 Å². The Morgan fingerprint density at radius 2 is 2.00 bits per heavy atom. The van der Waals surface area contributed by atoms with Crippen LogP contribution in [0.5, 0.6) is 0 Å². The molecule has 0 nitrogen and oxygen atoms in total. The summed E-state index contributed by atoms with van der Waals surface area (Å²) < 4.78 is 35.1. The van der Waals surface area contributed by atoms with Crippen molar-refractivity contribution in [3.05, 3.63) is 16.8 Å². The van der Waals surface area contributed by atoms with Crippen LogP contribution in [-0.2, 0) is 0 Å². The molecule has 0 bridgehead atoms. The maximum Gasteiger partial charge on any atom is 0.510 e. The van der Waals surface area contributed by atoms with E-state index in [4.69, 9.17) is 0 Å². The predicted molar refractivity (Wildman–Crippen MR) is 33.0 cm³/mol. The Kier molecular flexibility index (Phi) is 1.53. The molecule has 1 heterocycles. The molecule has 50 valence electrons. The largest absolute Gasteiger partial charge is 0.510 e. The van der Waals surface area contributed by atoms with E-state index in [-0.39, 0.29) is 0 Å². The monoisotopic (exact) mass is 151 g/mol. The van der Waals surface area contributed by atoms with Crippen molar-refractivity contribution in [1.29, 1.82) is 0 Å². The van der Waals surface area contributed by atoms with E-state index in [9.17, 15) is 12.9 Å². The lowest BCUT2D eigenvalue weighted by Gasteiger charge is -2.10. The first-order valence-corrected chi connectivity index (χ1v) is 3.27. The van der Waals surface area contributed by atoms with E-state index >= 15 is 0 Å². The summed E-state index contributed by atoms with van der Waals surface area (Å²) >= 11 is 1.06. The summed E-state index contributed by atoms with van der Waals surface area (Å²) in [5.41, 5.74) is -0.500. The van der Waals surface area contributed by atoms with Crippen molar-refractivity contribution in [2.45, 2.75) is 0 Å². The van der Waals surface area contributed by atoms with Crippen molar-refractivity contribution >= 4 is 23.8 Å². The summed E-state index contributed by atoms with van der Waals surface area (Å²) in [6, 6.07) is 1.09. The molecule has 1 aromatic rings. The third-order valence-electron chi connectivity index (χ3n) is 0.921. The average Bonchev–Trinajstić information content (AvgIpc) is 2.08. The molecule has 1 rings (SSSR count). The van der Waals surface area contributed by atoms with Gasteiger partial charge in [0, 0.05) is 0 Å². The topological polar surface area (TPSA) is 0 Å². The van der Waals surface area contributed by atoms with Crippen LogP contribution in [0.2, 0.25) is 0 Å². The van der Waals surface area contributed by atoms with E-state index in [0.29, 0.717) is 0 Å². The molecule has 0 saturated carbocycles. The van der Waals surface area contributed by atoms with Crippen LogP contribution in [0.25, 0.3) is 0 Å². The molecule has 0 radical (unpaired) electrons. The van der Waals surface area contributed by atoms with Crippen molar-refractivity contribution in [3.8, 4) is 0 Å². The van der Waals surface area contributed by atoms with Gasteiger partial charge in [-0.2, -0.15) is 11.3 Å². The van der Waals surface area contributed by atoms with Crippen molar-refractivity contribution in [2.24, 2.45) is 0 Å². The van der Waals surface area contributed by atoms with Crippen LogP contribution in [0, 0.1) is 0 Å². The van der Waals surface area contributed by atoms with Gasteiger partial charge in [0.05, 0.1) is 0 Å². The fourth-order valence-electron chi connectivity index (χ4n) is 0.461. The van der Waals surface area contributed by atoms with Gasteiger partial charge in [-0.15, -0.1) is 0 Å². The Morgan fingerprint density at radius 3 is 2.22 bits per heavy atom. The van der Waals surface area contributed by atoms with Gasteiger partial charge in [-0.25, -0.2) is 0 Å². The van der Waals surface area contributed by atoms with Crippen LogP contribution in [0.3, 0.4) is 0 Å². The zero-order valence-corrected chi connectivity index (χ0v) is 5.17. The number of thiophene rings is 1. The SMILES string of the molecule is F[B-](F)(F)c1ccsc1. The molecule has 0 N–H and O–H groups in total. The second-order valence-electron chi connectivity index (χ2n) is 1.63. The molecule has 0 aromatic carbocycles. The van der Waals surface area contributed by atoms with Crippen molar-refractivity contribution in [1.82, 2.24) is 0 Å². The summed E-state index contributed by atoms with van der Waals surface area (Å²) in [6.07, 6.45) is 0. The van der Waals surface area contributed by atoms with Crippen LogP contribution in [-0.4, -0.2) is 6.98 Å². The fourth-order valence-corrected chi connectivity index (χ4v) is 1.17. The highest BCUT2D eigenvalue weighted by Gasteiger charge is 2.25. The highest BCUT2D eigenvalue weighted by atomic mass is 32.1. The lowest BCUT2D eigenvalue weighted by atomic mass is 9.83. The molecular weight excluding hydrogens is 148 g/mol. The quantitative estimate of drug-likeness (QED) is 0.536. The number of rotatable bonds is 1. The molecule has 0 unspecified atom stereocenters. The van der Waals surface area contributed by atoms with Gasteiger partial charge in [0.2, 0.25) is 0 Å². The predicted octanol–water partition coefficient (Wildman–Crippen LogP) is 1.80. The standard InChI is InChI=1S/C4H3BF3S/c6-5(7,8)4-1-2-9-3-4/h1-3H/q-1. The molecule has 0 fully saturated rings. The van der Waals surface area contributed by atoms with Gasteiger partial charge in [-0.1, -0.05) is 11.5 Å². The van der Waals surface area contributed by atoms with Crippen LogP contribution in [0.4, 0.5) is 12.9 Å². The van der Waals surface area contributed by atoms with Gasteiger partial charge in [0.25, 0.3) is 0 Å². The summed E-state index contributed by atoms with van der Waals surface area (Å²) in [5, 5.41) is 2.53. The first-order chi connectivity index (χ1) is 4.11. The molecule has 1 aromatic heterocycles. The molecule has 5 heteroatoms. The highest BCUT2D eigenvalue weighted by molar-refractivity contribution is 7.09. The second kappa shape index (κ2) is 2.06. The lowest BCUT2D eigenvalue weighted by Crippen LogP contribution is -2.32. The van der Waals surface area contributed by atoms with Crippen molar-refractivity contribution < 1.29 is 12.9 Å². The molecule has 0 aliphatic carbocycles. The van der Waals surface area contributed by atoms with E-state index < -0.39 is 12.4 Å². The van der Waals surface area contributed by atoms with E-state index in [1.165, 1.54) is 5.38 Å². The maximum atomic E-state index is 11.7. The highest BCUT2D eigenvalue weighted by Crippen LogP contribution is 2.10.